The number of carbonyl (C=O) groups is 4. The van der Waals surface area contributed by atoms with E-state index in [1.54, 1.807) is 55.5 Å². The van der Waals surface area contributed by atoms with Crippen LogP contribution in [0.3, 0.4) is 0 Å². The summed E-state index contributed by atoms with van der Waals surface area (Å²) in [5, 5.41) is 11.5. The highest BCUT2D eigenvalue weighted by atomic mass is 16.6. The van der Waals surface area contributed by atoms with E-state index in [0.717, 1.165) is 4.90 Å². The van der Waals surface area contributed by atoms with Gasteiger partial charge in [0, 0.05) is 19.3 Å². The molecule has 162 valence electrons. The maximum Gasteiger partial charge on any atom is 0.328 e. The molecule has 1 atom stereocenters. The highest BCUT2D eigenvalue weighted by Crippen LogP contribution is 2.37. The van der Waals surface area contributed by atoms with Crippen molar-refractivity contribution in [3.8, 4) is 0 Å². The van der Waals surface area contributed by atoms with Gasteiger partial charge < -0.3 is 15.2 Å². The van der Waals surface area contributed by atoms with Crippen molar-refractivity contribution in [2.45, 2.75) is 44.4 Å². The first-order valence-corrected chi connectivity index (χ1v) is 10.1. The van der Waals surface area contributed by atoms with Crippen LogP contribution in [0.5, 0.6) is 0 Å². The zero-order valence-corrected chi connectivity index (χ0v) is 17.1. The van der Waals surface area contributed by atoms with Gasteiger partial charge in [0.25, 0.3) is 5.91 Å². The molecule has 0 aliphatic carbocycles. The average Bonchev–Trinajstić information content (AvgIpc) is 3.04. The van der Waals surface area contributed by atoms with Crippen LogP contribution in [0.15, 0.2) is 60.7 Å². The van der Waals surface area contributed by atoms with Crippen molar-refractivity contribution in [1.82, 2.24) is 10.2 Å². The van der Waals surface area contributed by atoms with Crippen LogP contribution in [0.2, 0.25) is 0 Å². The second-order valence-corrected chi connectivity index (χ2v) is 7.19. The molecule has 0 bridgehead atoms. The quantitative estimate of drug-likeness (QED) is 0.473. The third kappa shape index (κ3) is 4.42. The Labute approximate surface area is 179 Å². The van der Waals surface area contributed by atoms with Crippen molar-refractivity contribution in [2.24, 2.45) is 0 Å². The standard InChI is InChI=1S/C23H24N2O6/c1-2-18(31-20(28)15-9-14-19(26)27)25-21(29)23(24-22(25)30,16-10-5-3-6-11-16)17-12-7-4-8-13-17/h3-8,10-13,18H,2,9,14-15H2,1H3,(H,24,30)(H,26,27). The van der Waals surface area contributed by atoms with E-state index in [4.69, 9.17) is 9.84 Å². The van der Waals surface area contributed by atoms with E-state index in [0.29, 0.717) is 11.1 Å². The molecule has 1 aliphatic heterocycles. The first-order chi connectivity index (χ1) is 14.9. The summed E-state index contributed by atoms with van der Waals surface area (Å²) in [6.07, 6.45) is -1.07. The number of benzene rings is 2. The number of imide groups is 1. The van der Waals surface area contributed by atoms with Crippen molar-refractivity contribution in [1.29, 1.82) is 0 Å². The Hall–Kier alpha value is -3.68. The van der Waals surface area contributed by atoms with E-state index in [1.165, 1.54) is 0 Å². The van der Waals surface area contributed by atoms with Gasteiger partial charge in [0.15, 0.2) is 11.8 Å². The molecule has 3 rings (SSSR count). The van der Waals surface area contributed by atoms with E-state index in [2.05, 4.69) is 5.32 Å². The fourth-order valence-corrected chi connectivity index (χ4v) is 3.66. The third-order valence-electron chi connectivity index (χ3n) is 5.14. The number of amides is 3. The van der Waals surface area contributed by atoms with E-state index >= 15 is 0 Å². The lowest BCUT2D eigenvalue weighted by molar-refractivity contribution is -0.160. The zero-order chi connectivity index (χ0) is 22.4. The van der Waals surface area contributed by atoms with Crippen molar-refractivity contribution >= 4 is 23.9 Å². The van der Waals surface area contributed by atoms with Crippen LogP contribution >= 0.6 is 0 Å². The summed E-state index contributed by atoms with van der Waals surface area (Å²) in [6, 6.07) is 17.1. The molecular formula is C23H24N2O6. The smallest absolute Gasteiger partial charge is 0.328 e. The van der Waals surface area contributed by atoms with Crippen molar-refractivity contribution in [2.75, 3.05) is 0 Å². The normalized spacial score (nSPS) is 16.0. The number of ether oxygens (including phenoxy) is 1. The molecule has 1 unspecified atom stereocenters. The molecule has 2 aromatic carbocycles. The Morgan fingerprint density at radius 1 is 1.00 bits per heavy atom. The molecule has 0 spiro atoms. The van der Waals surface area contributed by atoms with Gasteiger partial charge in [0.1, 0.15) is 0 Å². The minimum atomic E-state index is -1.44. The van der Waals surface area contributed by atoms with Crippen LogP contribution in [-0.4, -0.2) is 40.1 Å². The average molecular weight is 424 g/mol. The van der Waals surface area contributed by atoms with Crippen LogP contribution in [-0.2, 0) is 24.7 Å². The molecule has 0 aromatic heterocycles. The highest BCUT2D eigenvalue weighted by molar-refractivity contribution is 6.09. The van der Waals surface area contributed by atoms with Gasteiger partial charge in [-0.15, -0.1) is 0 Å². The minimum Gasteiger partial charge on any atom is -0.481 e. The lowest BCUT2D eigenvalue weighted by Gasteiger charge is -2.29. The molecule has 0 saturated carbocycles. The maximum atomic E-state index is 13.7. The van der Waals surface area contributed by atoms with Crippen LogP contribution in [0.1, 0.15) is 43.7 Å². The summed E-state index contributed by atoms with van der Waals surface area (Å²) in [7, 11) is 0. The number of hydrogen-bond acceptors (Lipinski definition) is 5. The van der Waals surface area contributed by atoms with Crippen LogP contribution in [0.4, 0.5) is 4.79 Å². The number of esters is 1. The van der Waals surface area contributed by atoms with E-state index in [9.17, 15) is 19.2 Å². The number of carbonyl (C=O) groups excluding carboxylic acids is 3. The summed E-state index contributed by atoms with van der Waals surface area (Å²) < 4.78 is 5.38. The van der Waals surface area contributed by atoms with Gasteiger partial charge in [0.05, 0.1) is 0 Å². The van der Waals surface area contributed by atoms with Crippen molar-refractivity contribution < 1.29 is 29.0 Å². The number of carboxylic acid groups (broad SMARTS) is 1. The number of urea groups is 1. The van der Waals surface area contributed by atoms with Crippen molar-refractivity contribution in [3.05, 3.63) is 71.8 Å². The van der Waals surface area contributed by atoms with Gasteiger partial charge in [-0.3, -0.25) is 14.4 Å². The summed E-state index contributed by atoms with van der Waals surface area (Å²) >= 11 is 0. The van der Waals surface area contributed by atoms with Gasteiger partial charge in [0.2, 0.25) is 0 Å². The molecule has 1 saturated heterocycles. The Balaban J connectivity index is 1.91. The number of carboxylic acids is 1. The molecule has 1 heterocycles. The largest absolute Gasteiger partial charge is 0.481 e. The summed E-state index contributed by atoms with van der Waals surface area (Å²) in [4.78, 5) is 50.4. The minimum absolute atomic E-state index is 0.114. The molecule has 1 fully saturated rings. The lowest BCUT2D eigenvalue weighted by Crippen LogP contribution is -2.47. The van der Waals surface area contributed by atoms with Gasteiger partial charge in [-0.25, -0.2) is 9.69 Å². The molecule has 3 amide bonds. The number of nitrogens with one attached hydrogen (secondary N) is 1. The number of hydrogen-bond donors (Lipinski definition) is 2. The first kappa shape index (κ1) is 22.0. The molecule has 2 aromatic rings. The number of nitrogens with zero attached hydrogens (tertiary/aromatic N) is 1. The van der Waals surface area contributed by atoms with E-state index in [1.807, 2.05) is 12.1 Å². The zero-order valence-electron chi connectivity index (χ0n) is 17.1. The maximum absolute atomic E-state index is 13.7. The molecule has 8 heteroatoms. The number of rotatable bonds is 9. The molecule has 8 nitrogen and oxygen atoms in total. The summed E-state index contributed by atoms with van der Waals surface area (Å²) in [5.74, 6) is -2.21. The van der Waals surface area contributed by atoms with Crippen LogP contribution in [0, 0.1) is 0 Å². The fraction of sp³-hybridized carbons (Fsp3) is 0.304. The number of aliphatic carboxylic acids is 1. The molecule has 31 heavy (non-hydrogen) atoms. The predicted octanol–water partition coefficient (Wildman–Crippen LogP) is 3.02. The van der Waals surface area contributed by atoms with Gasteiger partial charge >= 0.3 is 18.0 Å². The van der Waals surface area contributed by atoms with Gasteiger partial charge in [-0.1, -0.05) is 67.6 Å². The molecular weight excluding hydrogens is 400 g/mol. The third-order valence-corrected chi connectivity index (χ3v) is 5.14. The lowest BCUT2D eigenvalue weighted by atomic mass is 9.82. The van der Waals surface area contributed by atoms with E-state index < -0.39 is 35.6 Å². The molecule has 2 N–H and O–H groups in total. The SMILES string of the molecule is CCC(OC(=O)CCCC(=O)O)N1C(=O)NC(c2ccccc2)(c2ccccc2)C1=O. The van der Waals surface area contributed by atoms with Crippen molar-refractivity contribution in [3.63, 3.8) is 0 Å². The summed E-state index contributed by atoms with van der Waals surface area (Å²) in [5.41, 5.74) is -0.266. The fourth-order valence-electron chi connectivity index (χ4n) is 3.66. The second-order valence-electron chi connectivity index (χ2n) is 7.19. The Bertz CT molecular complexity index is 921. The first-order valence-electron chi connectivity index (χ1n) is 10.1. The summed E-state index contributed by atoms with van der Waals surface area (Å²) in [6.45, 7) is 1.70. The highest BCUT2D eigenvalue weighted by Gasteiger charge is 2.56. The topological polar surface area (TPSA) is 113 Å². The van der Waals surface area contributed by atoms with Crippen LogP contribution < -0.4 is 5.32 Å². The van der Waals surface area contributed by atoms with Crippen LogP contribution in [0.25, 0.3) is 0 Å². The van der Waals surface area contributed by atoms with E-state index in [-0.39, 0.29) is 25.7 Å². The predicted molar refractivity (Wildman–Crippen MR) is 111 cm³/mol. The molecule has 0 radical (unpaired) electrons. The Morgan fingerprint density at radius 3 is 2.03 bits per heavy atom. The Morgan fingerprint density at radius 2 is 1.55 bits per heavy atom. The Kier molecular flexibility index (Phi) is 6.69. The second kappa shape index (κ2) is 9.42. The van der Waals surface area contributed by atoms with Gasteiger partial charge in [-0.2, -0.15) is 0 Å². The molecule has 1 aliphatic rings. The van der Waals surface area contributed by atoms with Gasteiger partial charge in [-0.05, 0) is 17.5 Å². The monoisotopic (exact) mass is 424 g/mol.